The van der Waals surface area contributed by atoms with Crippen molar-refractivity contribution in [3.05, 3.63) is 0 Å². The number of carbonyl (C=O) groups excluding carboxylic acids is 1. The van der Waals surface area contributed by atoms with Crippen molar-refractivity contribution in [3.8, 4) is 0 Å². The van der Waals surface area contributed by atoms with E-state index in [1.54, 1.807) is 4.90 Å². The van der Waals surface area contributed by atoms with Crippen LogP contribution in [0.2, 0.25) is 0 Å². The van der Waals surface area contributed by atoms with E-state index in [2.05, 4.69) is 0 Å². The number of hydrogen-bond acceptors (Lipinski definition) is 4. The van der Waals surface area contributed by atoms with E-state index in [-0.39, 0.29) is 18.3 Å². The molecule has 2 saturated heterocycles. The SMILES string of the molecule is O=C1OC2(CCCOC2)CCN1CCO. The fourth-order valence-electron chi connectivity index (χ4n) is 2.16. The zero-order valence-corrected chi connectivity index (χ0v) is 8.78. The van der Waals surface area contributed by atoms with Crippen molar-refractivity contribution in [2.75, 3.05) is 32.9 Å². The highest BCUT2D eigenvalue weighted by molar-refractivity contribution is 5.69. The molecule has 0 aliphatic carbocycles. The number of carbonyl (C=O) groups is 1. The molecule has 0 saturated carbocycles. The second-order valence-electron chi connectivity index (χ2n) is 4.17. The molecule has 2 heterocycles. The van der Waals surface area contributed by atoms with E-state index in [0.29, 0.717) is 19.7 Å². The van der Waals surface area contributed by atoms with Gasteiger partial charge in [-0.15, -0.1) is 0 Å². The number of aliphatic hydroxyl groups excluding tert-OH is 1. The highest BCUT2D eigenvalue weighted by Gasteiger charge is 2.41. The minimum absolute atomic E-state index is 0.0153. The van der Waals surface area contributed by atoms with Gasteiger partial charge in [-0.05, 0) is 12.8 Å². The van der Waals surface area contributed by atoms with Gasteiger partial charge in [0.25, 0.3) is 0 Å². The molecule has 0 bridgehead atoms. The minimum Gasteiger partial charge on any atom is -0.440 e. The third kappa shape index (κ3) is 2.23. The van der Waals surface area contributed by atoms with Crippen LogP contribution in [-0.2, 0) is 9.47 Å². The number of aliphatic hydroxyl groups is 1. The number of rotatable bonds is 2. The van der Waals surface area contributed by atoms with Crippen LogP contribution in [-0.4, -0.2) is 54.6 Å². The summed E-state index contributed by atoms with van der Waals surface area (Å²) in [5.41, 5.74) is -0.388. The molecule has 0 aromatic heterocycles. The zero-order chi connectivity index (χ0) is 10.7. The molecule has 0 radical (unpaired) electrons. The third-order valence-electron chi connectivity index (χ3n) is 3.06. The maximum atomic E-state index is 11.6. The Balaban J connectivity index is 1.94. The number of amides is 1. The van der Waals surface area contributed by atoms with Crippen LogP contribution in [0.25, 0.3) is 0 Å². The van der Waals surface area contributed by atoms with E-state index in [4.69, 9.17) is 14.6 Å². The van der Waals surface area contributed by atoms with Gasteiger partial charge in [-0.1, -0.05) is 0 Å². The summed E-state index contributed by atoms with van der Waals surface area (Å²) in [6.45, 7) is 2.28. The minimum atomic E-state index is -0.388. The molecular formula is C10H17NO4. The maximum Gasteiger partial charge on any atom is 0.410 e. The average Bonchev–Trinajstić information content (AvgIpc) is 2.24. The van der Waals surface area contributed by atoms with Crippen molar-refractivity contribution >= 4 is 6.09 Å². The van der Waals surface area contributed by atoms with Crippen LogP contribution in [0, 0.1) is 0 Å². The second-order valence-corrected chi connectivity index (χ2v) is 4.17. The monoisotopic (exact) mass is 215 g/mol. The Bertz CT molecular complexity index is 238. The van der Waals surface area contributed by atoms with Crippen LogP contribution in [0.5, 0.6) is 0 Å². The quantitative estimate of drug-likeness (QED) is 0.723. The molecule has 2 rings (SSSR count). The van der Waals surface area contributed by atoms with Gasteiger partial charge in [-0.3, -0.25) is 0 Å². The van der Waals surface area contributed by atoms with Crippen LogP contribution in [0.15, 0.2) is 0 Å². The normalized spacial score (nSPS) is 31.8. The van der Waals surface area contributed by atoms with Crippen molar-refractivity contribution < 1.29 is 19.4 Å². The Labute approximate surface area is 89.0 Å². The van der Waals surface area contributed by atoms with Gasteiger partial charge in [0.1, 0.15) is 5.60 Å². The lowest BCUT2D eigenvalue weighted by Gasteiger charge is -2.42. The molecule has 0 aromatic carbocycles. The Morgan fingerprint density at radius 2 is 2.33 bits per heavy atom. The molecule has 2 fully saturated rings. The summed E-state index contributed by atoms with van der Waals surface area (Å²) in [6.07, 6.45) is 2.33. The molecule has 86 valence electrons. The molecule has 15 heavy (non-hydrogen) atoms. The van der Waals surface area contributed by atoms with Gasteiger partial charge in [0.15, 0.2) is 0 Å². The molecular weight excluding hydrogens is 198 g/mol. The van der Waals surface area contributed by atoms with Crippen molar-refractivity contribution in [1.29, 1.82) is 0 Å². The van der Waals surface area contributed by atoms with Crippen LogP contribution in [0.3, 0.4) is 0 Å². The predicted octanol–water partition coefficient (Wildman–Crippen LogP) is 0.370. The van der Waals surface area contributed by atoms with Crippen molar-refractivity contribution in [1.82, 2.24) is 4.90 Å². The molecule has 1 atom stereocenters. The van der Waals surface area contributed by atoms with Crippen LogP contribution in [0.1, 0.15) is 19.3 Å². The van der Waals surface area contributed by atoms with Gasteiger partial charge in [-0.25, -0.2) is 4.79 Å². The summed E-state index contributed by atoms with van der Waals surface area (Å²) >= 11 is 0. The first-order chi connectivity index (χ1) is 7.26. The fraction of sp³-hybridized carbons (Fsp3) is 0.900. The number of β-amino-alcohol motifs (C(OH)–C–C–N with tert-alkyl or cyclic N) is 1. The summed E-state index contributed by atoms with van der Waals surface area (Å²) in [6, 6.07) is 0. The van der Waals surface area contributed by atoms with Crippen molar-refractivity contribution in [2.45, 2.75) is 24.9 Å². The van der Waals surface area contributed by atoms with E-state index in [9.17, 15) is 4.79 Å². The average molecular weight is 215 g/mol. The fourth-order valence-corrected chi connectivity index (χ4v) is 2.16. The van der Waals surface area contributed by atoms with E-state index in [1.807, 2.05) is 0 Å². The largest absolute Gasteiger partial charge is 0.440 e. The number of ether oxygens (including phenoxy) is 2. The molecule has 5 nitrogen and oxygen atoms in total. The Hall–Kier alpha value is -0.810. The van der Waals surface area contributed by atoms with Gasteiger partial charge in [0.2, 0.25) is 0 Å². The van der Waals surface area contributed by atoms with E-state index in [1.165, 1.54) is 0 Å². The summed E-state index contributed by atoms with van der Waals surface area (Å²) in [7, 11) is 0. The first-order valence-electron chi connectivity index (χ1n) is 5.42. The molecule has 0 aromatic rings. The zero-order valence-electron chi connectivity index (χ0n) is 8.78. The first kappa shape index (κ1) is 10.7. The Kier molecular flexibility index (Phi) is 3.11. The Morgan fingerprint density at radius 3 is 2.93 bits per heavy atom. The van der Waals surface area contributed by atoms with Crippen LogP contribution in [0.4, 0.5) is 4.79 Å². The third-order valence-corrected chi connectivity index (χ3v) is 3.06. The van der Waals surface area contributed by atoms with Crippen molar-refractivity contribution in [3.63, 3.8) is 0 Å². The lowest BCUT2D eigenvalue weighted by atomic mass is 9.91. The molecule has 1 amide bonds. The van der Waals surface area contributed by atoms with Gasteiger partial charge >= 0.3 is 6.09 Å². The van der Waals surface area contributed by atoms with E-state index >= 15 is 0 Å². The second kappa shape index (κ2) is 4.37. The smallest absolute Gasteiger partial charge is 0.410 e. The number of hydrogen-bond donors (Lipinski definition) is 1. The van der Waals surface area contributed by atoms with E-state index < -0.39 is 0 Å². The van der Waals surface area contributed by atoms with Gasteiger partial charge in [0.05, 0.1) is 13.2 Å². The molecule has 1 spiro atoms. The van der Waals surface area contributed by atoms with Gasteiger partial charge in [0, 0.05) is 26.1 Å². The maximum absolute atomic E-state index is 11.6. The first-order valence-corrected chi connectivity index (χ1v) is 5.42. The summed E-state index contributed by atoms with van der Waals surface area (Å²) < 4.78 is 10.8. The molecule has 1 unspecified atom stereocenters. The predicted molar refractivity (Wildman–Crippen MR) is 52.5 cm³/mol. The lowest BCUT2D eigenvalue weighted by Crippen LogP contribution is -2.53. The Morgan fingerprint density at radius 1 is 1.47 bits per heavy atom. The molecule has 2 aliphatic rings. The summed E-state index contributed by atoms with van der Waals surface area (Å²) in [4.78, 5) is 13.1. The van der Waals surface area contributed by atoms with Gasteiger partial charge in [-0.2, -0.15) is 0 Å². The standard InChI is InChI=1S/C10H17NO4/c12-6-5-11-4-3-10(15-9(11)13)2-1-7-14-8-10/h12H,1-8H2. The number of nitrogens with zero attached hydrogens (tertiary/aromatic N) is 1. The molecule has 2 aliphatic heterocycles. The van der Waals surface area contributed by atoms with E-state index in [0.717, 1.165) is 25.9 Å². The highest BCUT2D eigenvalue weighted by Crippen LogP contribution is 2.31. The summed E-state index contributed by atoms with van der Waals surface area (Å²) in [5.74, 6) is 0. The van der Waals surface area contributed by atoms with Crippen LogP contribution < -0.4 is 0 Å². The topological polar surface area (TPSA) is 59.0 Å². The lowest BCUT2D eigenvalue weighted by molar-refractivity contribution is -0.123. The molecule has 5 heteroatoms. The molecule has 1 N–H and O–H groups in total. The van der Waals surface area contributed by atoms with Crippen molar-refractivity contribution in [2.24, 2.45) is 0 Å². The summed E-state index contributed by atoms with van der Waals surface area (Å²) in [5, 5.41) is 8.76. The highest BCUT2D eigenvalue weighted by atomic mass is 16.6. The van der Waals surface area contributed by atoms with Crippen LogP contribution >= 0.6 is 0 Å². The van der Waals surface area contributed by atoms with Gasteiger partial charge < -0.3 is 19.5 Å².